The minimum absolute atomic E-state index is 0.0724. The Bertz CT molecular complexity index is 1210. The molecule has 32 heavy (non-hydrogen) atoms. The van der Waals surface area contributed by atoms with E-state index in [1.54, 1.807) is 23.1 Å². The number of benzene rings is 1. The largest absolute Gasteiger partial charge is 0.376 e. The van der Waals surface area contributed by atoms with Crippen molar-refractivity contribution in [2.24, 2.45) is 5.92 Å². The Hall–Kier alpha value is -3.95. The molecule has 1 fully saturated rings. The van der Waals surface area contributed by atoms with Crippen molar-refractivity contribution in [1.82, 2.24) is 14.7 Å². The summed E-state index contributed by atoms with van der Waals surface area (Å²) in [6, 6.07) is 12.2. The number of nitrogens with one attached hydrogen (secondary N) is 2. The Morgan fingerprint density at radius 2 is 2.03 bits per heavy atom. The Morgan fingerprint density at radius 3 is 2.78 bits per heavy atom. The Morgan fingerprint density at radius 1 is 1.25 bits per heavy atom. The van der Waals surface area contributed by atoms with Gasteiger partial charge in [-0.25, -0.2) is 9.78 Å². The van der Waals surface area contributed by atoms with Crippen LogP contribution in [0.1, 0.15) is 18.4 Å². The number of nitro groups is 1. The second-order valence-corrected chi connectivity index (χ2v) is 7.93. The van der Waals surface area contributed by atoms with E-state index in [4.69, 9.17) is 0 Å². The van der Waals surface area contributed by atoms with Crippen molar-refractivity contribution in [3.05, 3.63) is 74.7 Å². The van der Waals surface area contributed by atoms with Crippen LogP contribution in [0.2, 0.25) is 0 Å². The van der Waals surface area contributed by atoms with Crippen molar-refractivity contribution >= 4 is 28.9 Å². The molecule has 0 radical (unpaired) electrons. The fraction of sp³-hybridized carbons (Fsp3) is 0.318. The predicted octanol–water partition coefficient (Wildman–Crippen LogP) is 2.95. The molecule has 10 heteroatoms. The maximum Gasteiger partial charge on any atom is 0.376 e. The van der Waals surface area contributed by atoms with E-state index in [1.807, 2.05) is 31.2 Å². The molecule has 1 saturated heterocycles. The number of aromatic nitrogens is 2. The first-order chi connectivity index (χ1) is 15.4. The van der Waals surface area contributed by atoms with Gasteiger partial charge in [0.15, 0.2) is 0 Å². The Labute approximate surface area is 184 Å². The van der Waals surface area contributed by atoms with Gasteiger partial charge < -0.3 is 15.5 Å². The average molecular weight is 436 g/mol. The summed E-state index contributed by atoms with van der Waals surface area (Å²) in [5.41, 5.74) is 0.938. The number of anilines is 2. The van der Waals surface area contributed by atoms with E-state index in [0.717, 1.165) is 18.4 Å². The van der Waals surface area contributed by atoms with Crippen LogP contribution in [0.3, 0.4) is 0 Å². The van der Waals surface area contributed by atoms with Gasteiger partial charge in [0, 0.05) is 31.5 Å². The van der Waals surface area contributed by atoms with E-state index < -0.39 is 16.2 Å². The first kappa shape index (κ1) is 21.3. The van der Waals surface area contributed by atoms with E-state index in [1.165, 1.54) is 10.6 Å². The van der Waals surface area contributed by atoms with Gasteiger partial charge in [0.1, 0.15) is 5.65 Å². The molecular weight excluding hydrogens is 412 g/mol. The molecule has 2 aromatic heterocycles. The van der Waals surface area contributed by atoms with E-state index in [-0.39, 0.29) is 17.8 Å². The predicted molar refractivity (Wildman–Crippen MR) is 121 cm³/mol. The van der Waals surface area contributed by atoms with Crippen molar-refractivity contribution < 1.29 is 9.72 Å². The summed E-state index contributed by atoms with van der Waals surface area (Å²) < 4.78 is 1.18. The number of hydrogen-bond acceptors (Lipinski definition) is 6. The number of carbonyl (C=O) groups excluding carboxylic acids is 1. The first-order valence-electron chi connectivity index (χ1n) is 10.4. The van der Waals surface area contributed by atoms with Crippen LogP contribution in [0.25, 0.3) is 5.65 Å². The molecular formula is C22H24N6O4. The van der Waals surface area contributed by atoms with Crippen LogP contribution < -0.4 is 21.1 Å². The molecule has 1 atom stereocenters. The molecule has 4 rings (SSSR count). The normalized spacial score (nSPS) is 16.0. The summed E-state index contributed by atoms with van der Waals surface area (Å²) in [4.78, 5) is 42.2. The van der Waals surface area contributed by atoms with Crippen LogP contribution in [-0.2, 0) is 0 Å². The number of aryl methyl sites for hydroxylation is 1. The molecule has 2 N–H and O–H groups in total. The number of urea groups is 1. The zero-order valence-corrected chi connectivity index (χ0v) is 17.7. The minimum atomic E-state index is -0.701. The van der Waals surface area contributed by atoms with Gasteiger partial charge in [0.05, 0.1) is 4.92 Å². The smallest absolute Gasteiger partial charge is 0.350 e. The first-order valence-corrected chi connectivity index (χ1v) is 10.4. The van der Waals surface area contributed by atoms with Gasteiger partial charge in [0.25, 0.3) is 0 Å². The quantitative estimate of drug-likeness (QED) is 0.468. The summed E-state index contributed by atoms with van der Waals surface area (Å²) >= 11 is 0. The molecule has 10 nitrogen and oxygen atoms in total. The molecule has 0 saturated carbocycles. The highest BCUT2D eigenvalue weighted by Gasteiger charge is 2.31. The summed E-state index contributed by atoms with van der Waals surface area (Å²) in [5, 5.41) is 17.3. The molecule has 166 valence electrons. The zero-order valence-electron chi connectivity index (χ0n) is 17.7. The van der Waals surface area contributed by atoms with Crippen molar-refractivity contribution in [3.8, 4) is 0 Å². The fourth-order valence-electron chi connectivity index (χ4n) is 3.92. The van der Waals surface area contributed by atoms with Crippen molar-refractivity contribution in [3.63, 3.8) is 0 Å². The minimum Gasteiger partial charge on any atom is -0.350 e. The monoisotopic (exact) mass is 436 g/mol. The van der Waals surface area contributed by atoms with Gasteiger partial charge in [-0.15, -0.1) is 0 Å². The van der Waals surface area contributed by atoms with E-state index in [0.29, 0.717) is 31.0 Å². The van der Waals surface area contributed by atoms with Gasteiger partial charge >= 0.3 is 17.3 Å². The summed E-state index contributed by atoms with van der Waals surface area (Å²) in [7, 11) is 0. The maximum absolute atomic E-state index is 12.7. The standard InChI is InChI=1S/C22H24N6O4/c1-15-7-9-17(10-8-15)24-22(30)23-13-16-5-4-11-26(14-16)20-19(28(31)32)21(29)27-12-3-2-6-18(27)25-20/h2-3,6-10,12,16H,4-5,11,13-14H2,1H3,(H2,23,24,30)/t16-/m1/s1. The molecule has 0 spiro atoms. The fourth-order valence-corrected chi connectivity index (χ4v) is 3.92. The highest BCUT2D eigenvalue weighted by molar-refractivity contribution is 5.89. The van der Waals surface area contributed by atoms with E-state index in [2.05, 4.69) is 15.6 Å². The second-order valence-electron chi connectivity index (χ2n) is 7.93. The van der Waals surface area contributed by atoms with Gasteiger partial charge in [-0.05, 0) is 49.9 Å². The van der Waals surface area contributed by atoms with Crippen LogP contribution in [0, 0.1) is 23.0 Å². The number of hydrogen-bond donors (Lipinski definition) is 2. The van der Waals surface area contributed by atoms with Crippen LogP contribution in [-0.4, -0.2) is 40.0 Å². The molecule has 1 aliphatic rings. The molecule has 1 aliphatic heterocycles. The lowest BCUT2D eigenvalue weighted by Crippen LogP contribution is -2.43. The van der Waals surface area contributed by atoms with Gasteiger partial charge in [0.2, 0.25) is 5.82 Å². The lowest BCUT2D eigenvalue weighted by Gasteiger charge is -2.33. The highest BCUT2D eigenvalue weighted by atomic mass is 16.6. The van der Waals surface area contributed by atoms with Crippen LogP contribution in [0.4, 0.5) is 22.0 Å². The molecule has 1 aromatic carbocycles. The third kappa shape index (κ3) is 4.53. The zero-order chi connectivity index (χ0) is 22.7. The lowest BCUT2D eigenvalue weighted by atomic mass is 9.98. The number of piperidine rings is 1. The lowest BCUT2D eigenvalue weighted by molar-refractivity contribution is -0.385. The number of nitrogens with zero attached hydrogens (tertiary/aromatic N) is 4. The van der Waals surface area contributed by atoms with Gasteiger partial charge in [-0.3, -0.25) is 19.3 Å². The molecule has 3 aromatic rings. The third-order valence-electron chi connectivity index (χ3n) is 5.55. The van der Waals surface area contributed by atoms with Crippen molar-refractivity contribution in [1.29, 1.82) is 0 Å². The SMILES string of the molecule is Cc1ccc(NC(=O)NC[C@H]2CCCN(c3nc4ccccn4c(=O)c3[N+](=O)[O-])C2)cc1. The third-order valence-corrected chi connectivity index (χ3v) is 5.55. The summed E-state index contributed by atoms with van der Waals surface area (Å²) in [6.07, 6.45) is 3.11. The molecule has 0 unspecified atom stereocenters. The number of fused-ring (bicyclic) bond motifs is 1. The van der Waals surface area contributed by atoms with Gasteiger partial charge in [-0.1, -0.05) is 23.8 Å². The van der Waals surface area contributed by atoms with Gasteiger partial charge in [-0.2, -0.15) is 0 Å². The van der Waals surface area contributed by atoms with Crippen LogP contribution >= 0.6 is 0 Å². The van der Waals surface area contributed by atoms with E-state index in [9.17, 15) is 19.7 Å². The summed E-state index contributed by atoms with van der Waals surface area (Å²) in [6.45, 7) is 3.40. The Kier molecular flexibility index (Phi) is 6.02. The number of amides is 2. The van der Waals surface area contributed by atoms with Crippen LogP contribution in [0.5, 0.6) is 0 Å². The summed E-state index contributed by atoms with van der Waals surface area (Å²) in [5.74, 6) is 0.156. The highest BCUT2D eigenvalue weighted by Crippen LogP contribution is 2.27. The van der Waals surface area contributed by atoms with Crippen molar-refractivity contribution in [2.45, 2.75) is 19.8 Å². The maximum atomic E-state index is 12.7. The molecule has 2 amide bonds. The van der Waals surface area contributed by atoms with Crippen molar-refractivity contribution in [2.75, 3.05) is 29.9 Å². The molecule has 0 aliphatic carbocycles. The Balaban J connectivity index is 1.47. The van der Waals surface area contributed by atoms with E-state index >= 15 is 0 Å². The molecule has 0 bridgehead atoms. The number of pyridine rings is 1. The number of carbonyl (C=O) groups is 1. The molecule has 3 heterocycles. The van der Waals surface area contributed by atoms with Crippen LogP contribution in [0.15, 0.2) is 53.5 Å². The topological polar surface area (TPSA) is 122 Å². The number of rotatable bonds is 5. The average Bonchev–Trinajstić information content (AvgIpc) is 2.79. The second kappa shape index (κ2) is 9.04.